The van der Waals surface area contributed by atoms with Gasteiger partial charge in [0.2, 0.25) is 0 Å². The molecule has 1 aromatic heterocycles. The number of aromatic nitrogens is 3. The molecule has 0 aliphatic carbocycles. The predicted octanol–water partition coefficient (Wildman–Crippen LogP) is 1.84. The highest BCUT2D eigenvalue weighted by atomic mass is 32.2. The normalized spacial score (nSPS) is 10.1. The Hall–Kier alpha value is -1.62. The summed E-state index contributed by atoms with van der Waals surface area (Å²) in [5.41, 5.74) is 0.365. The highest BCUT2D eigenvalue weighted by Gasteiger charge is 1.99. The predicted molar refractivity (Wildman–Crippen MR) is 57.7 cm³/mol. The topological polar surface area (TPSA) is 47.8 Å². The van der Waals surface area contributed by atoms with E-state index in [-0.39, 0.29) is 0 Å². The molecule has 0 atom stereocenters. The van der Waals surface area contributed by atoms with Crippen LogP contribution >= 0.6 is 11.8 Å². The Morgan fingerprint density at radius 3 is 2.80 bits per heavy atom. The zero-order chi connectivity index (χ0) is 10.5. The fourth-order valence-electron chi connectivity index (χ4n) is 1.09. The van der Waals surface area contributed by atoms with Crippen LogP contribution < -0.4 is 0 Å². The zero-order valence-corrected chi connectivity index (χ0v) is 8.72. The second-order valence-electron chi connectivity index (χ2n) is 2.89. The van der Waals surface area contributed by atoms with E-state index in [1.165, 1.54) is 4.90 Å². The van der Waals surface area contributed by atoms with Gasteiger partial charge in [0.05, 0.1) is 12.1 Å². The second-order valence-corrected chi connectivity index (χ2v) is 3.91. The fraction of sp³-hybridized carbons (Fsp3) is 0.100. The molecule has 1 heterocycles. The number of thioether (sulfide) groups is 1. The van der Waals surface area contributed by atoms with Gasteiger partial charge >= 0.3 is 0 Å². The molecule has 0 radical (unpaired) electrons. The van der Waals surface area contributed by atoms with Crippen LogP contribution in [0.15, 0.2) is 41.4 Å². The number of carbonyl (C=O) groups is 1. The molecule has 4 nitrogen and oxygen atoms in total. The molecule has 0 aliphatic rings. The number of carbonyl (C=O) groups excluding carboxylic acids is 1. The van der Waals surface area contributed by atoms with Crippen molar-refractivity contribution in [2.75, 3.05) is 0 Å². The number of aldehydes is 1. The number of benzene rings is 1. The molecule has 0 fully saturated rings. The molecule has 5 heteroatoms. The highest BCUT2D eigenvalue weighted by molar-refractivity contribution is 7.98. The largest absolute Gasteiger partial charge is 0.296 e. The minimum Gasteiger partial charge on any atom is -0.296 e. The molecular weight excluding hydrogens is 210 g/mol. The van der Waals surface area contributed by atoms with E-state index in [9.17, 15) is 4.79 Å². The van der Waals surface area contributed by atoms with Crippen LogP contribution in [0.25, 0.3) is 0 Å². The van der Waals surface area contributed by atoms with Crippen LogP contribution in [-0.2, 0) is 5.88 Å². The van der Waals surface area contributed by atoms with Crippen molar-refractivity contribution in [1.82, 2.24) is 15.0 Å². The smallest absolute Gasteiger partial charge is 0.171 e. The molecule has 0 N–H and O–H groups in total. The van der Waals surface area contributed by atoms with Crippen molar-refractivity contribution in [2.24, 2.45) is 0 Å². The SMILES string of the molecule is O=Cc1cn(CSc2ccccc2)nn1. The van der Waals surface area contributed by atoms with Crippen LogP contribution in [0, 0.1) is 0 Å². The average Bonchev–Trinajstić information content (AvgIpc) is 2.76. The maximum Gasteiger partial charge on any atom is 0.171 e. The molecule has 0 aliphatic heterocycles. The summed E-state index contributed by atoms with van der Waals surface area (Å²) in [5, 5.41) is 7.50. The highest BCUT2D eigenvalue weighted by Crippen LogP contribution is 2.18. The van der Waals surface area contributed by atoms with Crippen LogP contribution in [0.3, 0.4) is 0 Å². The molecule has 0 saturated heterocycles. The summed E-state index contributed by atoms with van der Waals surface area (Å²) < 4.78 is 1.64. The summed E-state index contributed by atoms with van der Waals surface area (Å²) in [7, 11) is 0. The summed E-state index contributed by atoms with van der Waals surface area (Å²) in [5.74, 6) is 0.658. The summed E-state index contributed by atoms with van der Waals surface area (Å²) in [6.45, 7) is 0. The van der Waals surface area contributed by atoms with Gasteiger partial charge in [0, 0.05) is 4.90 Å². The fourth-order valence-corrected chi connectivity index (χ4v) is 1.84. The summed E-state index contributed by atoms with van der Waals surface area (Å²) in [6.07, 6.45) is 2.32. The van der Waals surface area contributed by atoms with Crippen molar-refractivity contribution in [1.29, 1.82) is 0 Å². The quantitative estimate of drug-likeness (QED) is 0.581. The second kappa shape index (κ2) is 4.75. The van der Waals surface area contributed by atoms with Gasteiger partial charge in [-0.3, -0.25) is 4.79 Å². The van der Waals surface area contributed by atoms with Crippen molar-refractivity contribution < 1.29 is 4.79 Å². The molecule has 15 heavy (non-hydrogen) atoms. The van der Waals surface area contributed by atoms with E-state index in [0.717, 1.165) is 0 Å². The first-order valence-electron chi connectivity index (χ1n) is 4.41. The molecule has 1 aromatic carbocycles. The van der Waals surface area contributed by atoms with Gasteiger partial charge in [0.1, 0.15) is 5.69 Å². The standard InChI is InChI=1S/C10H9N3OS/c14-7-9-6-13(12-11-9)8-15-10-4-2-1-3-5-10/h1-7H,8H2. The third-order valence-corrected chi connectivity index (χ3v) is 2.78. The monoisotopic (exact) mass is 219 g/mol. The number of hydrogen-bond acceptors (Lipinski definition) is 4. The number of rotatable bonds is 4. The van der Waals surface area contributed by atoms with Crippen LogP contribution in [0.2, 0.25) is 0 Å². The van der Waals surface area contributed by atoms with E-state index in [0.29, 0.717) is 17.9 Å². The Bertz CT molecular complexity index is 441. The molecule has 0 bridgehead atoms. The number of nitrogens with zero attached hydrogens (tertiary/aromatic N) is 3. The molecule has 0 unspecified atom stereocenters. The van der Waals surface area contributed by atoms with Crippen molar-refractivity contribution in [3.05, 3.63) is 42.2 Å². The van der Waals surface area contributed by atoms with Crippen LogP contribution in [0.5, 0.6) is 0 Å². The third-order valence-electron chi connectivity index (χ3n) is 1.78. The van der Waals surface area contributed by atoms with Crippen LogP contribution in [0.1, 0.15) is 10.5 Å². The van der Waals surface area contributed by atoms with Crippen molar-refractivity contribution in [3.8, 4) is 0 Å². The van der Waals surface area contributed by atoms with E-state index in [4.69, 9.17) is 0 Å². The number of hydrogen-bond donors (Lipinski definition) is 0. The van der Waals surface area contributed by atoms with Gasteiger partial charge < -0.3 is 0 Å². The van der Waals surface area contributed by atoms with Gasteiger partial charge in [-0.2, -0.15) is 0 Å². The molecular formula is C10H9N3OS. The first-order valence-corrected chi connectivity index (χ1v) is 5.40. The summed E-state index contributed by atoms with van der Waals surface area (Å²) in [4.78, 5) is 11.5. The molecule has 0 saturated carbocycles. The Morgan fingerprint density at radius 2 is 2.13 bits per heavy atom. The van der Waals surface area contributed by atoms with Crippen molar-refractivity contribution >= 4 is 18.0 Å². The van der Waals surface area contributed by atoms with Crippen molar-refractivity contribution in [3.63, 3.8) is 0 Å². The van der Waals surface area contributed by atoms with Gasteiger partial charge in [-0.1, -0.05) is 23.4 Å². The Kier molecular flexibility index (Phi) is 3.14. The van der Waals surface area contributed by atoms with Gasteiger partial charge in [0.15, 0.2) is 6.29 Å². The van der Waals surface area contributed by atoms with Crippen LogP contribution in [-0.4, -0.2) is 21.3 Å². The maximum atomic E-state index is 10.4. The van der Waals surface area contributed by atoms with E-state index in [1.807, 2.05) is 30.3 Å². The van der Waals surface area contributed by atoms with E-state index in [2.05, 4.69) is 10.3 Å². The first kappa shape index (κ1) is 9.92. The Labute approximate surface area is 91.3 Å². The van der Waals surface area contributed by atoms with Gasteiger partial charge in [-0.05, 0) is 12.1 Å². The van der Waals surface area contributed by atoms with E-state index < -0.39 is 0 Å². The van der Waals surface area contributed by atoms with E-state index in [1.54, 1.807) is 22.6 Å². The van der Waals surface area contributed by atoms with Gasteiger partial charge in [0.25, 0.3) is 0 Å². The maximum absolute atomic E-state index is 10.4. The molecule has 2 aromatic rings. The Morgan fingerprint density at radius 1 is 1.33 bits per heavy atom. The summed E-state index contributed by atoms with van der Waals surface area (Å²) in [6, 6.07) is 10.0. The molecule has 0 amide bonds. The third kappa shape index (κ3) is 2.66. The minimum atomic E-state index is 0.365. The van der Waals surface area contributed by atoms with Gasteiger partial charge in [-0.25, -0.2) is 4.68 Å². The average molecular weight is 219 g/mol. The lowest BCUT2D eigenvalue weighted by atomic mass is 10.4. The lowest BCUT2D eigenvalue weighted by Crippen LogP contribution is -1.94. The van der Waals surface area contributed by atoms with Crippen LogP contribution in [0.4, 0.5) is 0 Å². The van der Waals surface area contributed by atoms with Gasteiger partial charge in [-0.15, -0.1) is 16.9 Å². The molecule has 0 spiro atoms. The first-order chi connectivity index (χ1) is 7.38. The molecule has 76 valence electrons. The summed E-state index contributed by atoms with van der Waals surface area (Å²) >= 11 is 1.64. The molecule has 2 rings (SSSR count). The Balaban J connectivity index is 1.96. The van der Waals surface area contributed by atoms with Crippen molar-refractivity contribution in [2.45, 2.75) is 10.8 Å². The zero-order valence-electron chi connectivity index (χ0n) is 7.91. The van der Waals surface area contributed by atoms with E-state index >= 15 is 0 Å². The lowest BCUT2D eigenvalue weighted by Gasteiger charge is -1.99. The minimum absolute atomic E-state index is 0.365. The lowest BCUT2D eigenvalue weighted by molar-refractivity contribution is 0.111.